The van der Waals surface area contributed by atoms with Crippen LogP contribution < -0.4 is 0 Å². The number of nitrogens with zero attached hydrogens (tertiary/aromatic N) is 4. The van der Waals surface area contributed by atoms with E-state index in [0.29, 0.717) is 10.7 Å². The molecule has 1 aromatic heterocycles. The maximum atomic E-state index is 11.7. The molecule has 2 rings (SSSR count). The van der Waals surface area contributed by atoms with Gasteiger partial charge in [-0.25, -0.2) is 4.68 Å². The molecule has 0 aliphatic carbocycles. The molecule has 0 saturated carbocycles. The van der Waals surface area contributed by atoms with Gasteiger partial charge in [-0.3, -0.25) is 4.79 Å². The molecule has 0 aliphatic rings. The van der Waals surface area contributed by atoms with Crippen molar-refractivity contribution in [1.29, 1.82) is 0 Å². The Labute approximate surface area is 103 Å². The van der Waals surface area contributed by atoms with Crippen LogP contribution in [0.15, 0.2) is 47.0 Å². The van der Waals surface area contributed by atoms with E-state index in [0.717, 1.165) is 0 Å². The Balaban J connectivity index is 1.98. The molecule has 86 valence electrons. The summed E-state index contributed by atoms with van der Waals surface area (Å²) in [4.78, 5) is 11.7. The third kappa shape index (κ3) is 3.01. The number of thioether (sulfide) groups is 1. The molecule has 17 heavy (non-hydrogen) atoms. The lowest BCUT2D eigenvalue weighted by Crippen LogP contribution is -1.93. The lowest BCUT2D eigenvalue weighted by Gasteiger charge is -1.94. The minimum absolute atomic E-state index is 0.0340. The van der Waals surface area contributed by atoms with Crippen molar-refractivity contribution < 1.29 is 4.79 Å². The molecule has 0 saturated heterocycles. The van der Waals surface area contributed by atoms with Crippen LogP contribution in [0.4, 0.5) is 0 Å². The first-order valence-electron chi connectivity index (χ1n) is 4.92. The Kier molecular flexibility index (Phi) is 3.66. The molecule has 5 nitrogen and oxygen atoms in total. The molecular formula is C11H10N4OS. The van der Waals surface area contributed by atoms with Crippen molar-refractivity contribution in [3.8, 4) is 0 Å². The van der Waals surface area contributed by atoms with Gasteiger partial charge in [0.25, 0.3) is 0 Å². The lowest BCUT2D eigenvalue weighted by molar-refractivity contribution is 0.104. The van der Waals surface area contributed by atoms with Crippen molar-refractivity contribution >= 4 is 17.5 Å². The maximum absolute atomic E-state index is 11.7. The van der Waals surface area contributed by atoms with E-state index in [-0.39, 0.29) is 5.78 Å². The first-order chi connectivity index (χ1) is 8.27. The highest BCUT2D eigenvalue weighted by Gasteiger charge is 2.02. The molecular weight excluding hydrogens is 236 g/mol. The maximum Gasteiger partial charge on any atom is 0.213 e. The van der Waals surface area contributed by atoms with Crippen LogP contribution in [0.25, 0.3) is 0 Å². The van der Waals surface area contributed by atoms with Gasteiger partial charge >= 0.3 is 0 Å². The fourth-order valence-corrected chi connectivity index (χ4v) is 1.76. The van der Waals surface area contributed by atoms with E-state index < -0.39 is 0 Å². The number of aromatic nitrogens is 4. The molecule has 0 N–H and O–H groups in total. The van der Waals surface area contributed by atoms with Crippen LogP contribution in [-0.4, -0.2) is 26.0 Å². The fourth-order valence-electron chi connectivity index (χ4n) is 1.18. The number of carbonyl (C=O) groups excluding carboxylic acids is 1. The zero-order chi connectivity index (χ0) is 12.1. The first kappa shape index (κ1) is 11.5. The van der Waals surface area contributed by atoms with Crippen LogP contribution in [0.1, 0.15) is 10.4 Å². The van der Waals surface area contributed by atoms with Gasteiger partial charge in [-0.2, -0.15) is 0 Å². The molecule has 0 unspecified atom stereocenters. The molecule has 1 aromatic carbocycles. The van der Waals surface area contributed by atoms with Crippen LogP contribution in [0, 0.1) is 0 Å². The molecule has 2 aromatic rings. The minimum atomic E-state index is -0.0340. The highest BCUT2D eigenvalue weighted by molar-refractivity contribution is 8.02. The third-order valence-electron chi connectivity index (χ3n) is 2.03. The molecule has 0 atom stereocenters. The van der Waals surface area contributed by atoms with E-state index in [4.69, 9.17) is 0 Å². The Hall–Kier alpha value is -1.95. The van der Waals surface area contributed by atoms with E-state index in [2.05, 4.69) is 15.5 Å². The van der Waals surface area contributed by atoms with Gasteiger partial charge in [0, 0.05) is 12.6 Å². The number of hydrogen-bond donors (Lipinski definition) is 0. The van der Waals surface area contributed by atoms with Gasteiger partial charge in [0.1, 0.15) is 0 Å². The second-order valence-electron chi connectivity index (χ2n) is 3.24. The number of allylic oxidation sites excluding steroid dienone is 1. The van der Waals surface area contributed by atoms with E-state index >= 15 is 0 Å². The summed E-state index contributed by atoms with van der Waals surface area (Å²) in [7, 11) is 1.75. The van der Waals surface area contributed by atoms with Crippen LogP contribution in [0.5, 0.6) is 0 Å². The summed E-state index contributed by atoms with van der Waals surface area (Å²) in [6.07, 6.45) is 1.51. The average Bonchev–Trinajstić information content (AvgIpc) is 2.76. The van der Waals surface area contributed by atoms with Crippen molar-refractivity contribution in [2.24, 2.45) is 7.05 Å². The average molecular weight is 246 g/mol. The largest absolute Gasteiger partial charge is 0.289 e. The van der Waals surface area contributed by atoms with Crippen LogP contribution in [-0.2, 0) is 7.05 Å². The summed E-state index contributed by atoms with van der Waals surface area (Å²) in [6.45, 7) is 0. The normalized spacial score (nSPS) is 10.9. The van der Waals surface area contributed by atoms with Gasteiger partial charge in [-0.05, 0) is 21.9 Å². The number of hydrogen-bond acceptors (Lipinski definition) is 5. The van der Waals surface area contributed by atoms with E-state index in [1.807, 2.05) is 18.2 Å². The number of ketones is 1. The predicted molar refractivity (Wildman–Crippen MR) is 64.6 cm³/mol. The van der Waals surface area contributed by atoms with Gasteiger partial charge in [0.2, 0.25) is 5.16 Å². The Morgan fingerprint density at radius 2 is 2.12 bits per heavy atom. The van der Waals surface area contributed by atoms with E-state index in [1.165, 1.54) is 17.8 Å². The quantitative estimate of drug-likeness (QED) is 0.467. The number of tetrazole rings is 1. The molecule has 0 amide bonds. The highest BCUT2D eigenvalue weighted by atomic mass is 32.2. The monoisotopic (exact) mass is 246 g/mol. The Bertz CT molecular complexity index is 535. The summed E-state index contributed by atoms with van der Waals surface area (Å²) >= 11 is 1.30. The summed E-state index contributed by atoms with van der Waals surface area (Å²) in [6, 6.07) is 9.10. The zero-order valence-electron chi connectivity index (χ0n) is 9.15. The van der Waals surface area contributed by atoms with Gasteiger partial charge in [0.15, 0.2) is 5.78 Å². The number of rotatable bonds is 4. The lowest BCUT2D eigenvalue weighted by atomic mass is 10.1. The molecule has 0 aliphatic heterocycles. The predicted octanol–water partition coefficient (Wildman–Crippen LogP) is 1.70. The van der Waals surface area contributed by atoms with Gasteiger partial charge < -0.3 is 0 Å². The number of aryl methyl sites for hydroxylation is 1. The van der Waals surface area contributed by atoms with Crippen LogP contribution in [0.3, 0.4) is 0 Å². The summed E-state index contributed by atoms with van der Waals surface area (Å²) in [5, 5.41) is 13.3. The smallest absolute Gasteiger partial charge is 0.213 e. The Morgan fingerprint density at radius 3 is 2.76 bits per heavy atom. The van der Waals surface area contributed by atoms with Gasteiger partial charge in [-0.1, -0.05) is 42.1 Å². The fraction of sp³-hybridized carbons (Fsp3) is 0.0909. The summed E-state index contributed by atoms with van der Waals surface area (Å²) < 4.78 is 1.54. The van der Waals surface area contributed by atoms with E-state index in [9.17, 15) is 4.79 Å². The van der Waals surface area contributed by atoms with Crippen molar-refractivity contribution in [2.75, 3.05) is 0 Å². The van der Waals surface area contributed by atoms with Crippen molar-refractivity contribution in [1.82, 2.24) is 20.2 Å². The van der Waals surface area contributed by atoms with Gasteiger partial charge in [-0.15, -0.1) is 5.10 Å². The number of benzene rings is 1. The molecule has 0 bridgehead atoms. The van der Waals surface area contributed by atoms with Crippen LogP contribution in [0.2, 0.25) is 0 Å². The first-order valence-corrected chi connectivity index (χ1v) is 5.80. The molecule has 0 radical (unpaired) electrons. The SMILES string of the molecule is Cn1nnnc1S/C=C/C(=O)c1ccccc1. The molecule has 1 heterocycles. The van der Waals surface area contributed by atoms with Crippen molar-refractivity contribution in [3.63, 3.8) is 0 Å². The van der Waals surface area contributed by atoms with Crippen molar-refractivity contribution in [3.05, 3.63) is 47.4 Å². The highest BCUT2D eigenvalue weighted by Crippen LogP contribution is 2.14. The summed E-state index contributed by atoms with van der Waals surface area (Å²) in [5.74, 6) is -0.0340. The minimum Gasteiger partial charge on any atom is -0.289 e. The molecule has 6 heteroatoms. The zero-order valence-corrected chi connectivity index (χ0v) is 9.96. The van der Waals surface area contributed by atoms with Crippen molar-refractivity contribution in [2.45, 2.75) is 5.16 Å². The van der Waals surface area contributed by atoms with Crippen LogP contribution >= 0.6 is 11.8 Å². The third-order valence-corrected chi connectivity index (χ3v) is 2.86. The standard InChI is InChI=1S/C11H10N4OS/c1-15-11(12-13-14-15)17-8-7-10(16)9-5-3-2-4-6-9/h2-8H,1H3/b8-7+. The topological polar surface area (TPSA) is 60.7 Å². The number of carbonyl (C=O) groups is 1. The second-order valence-corrected chi connectivity index (χ2v) is 4.11. The molecule has 0 spiro atoms. The van der Waals surface area contributed by atoms with E-state index in [1.54, 1.807) is 29.3 Å². The summed E-state index contributed by atoms with van der Waals surface area (Å²) in [5.41, 5.74) is 0.667. The van der Waals surface area contributed by atoms with Gasteiger partial charge in [0.05, 0.1) is 0 Å². The molecule has 0 fully saturated rings. The Morgan fingerprint density at radius 1 is 1.35 bits per heavy atom. The second kappa shape index (κ2) is 5.40.